The molecule has 0 aliphatic carbocycles. The Morgan fingerprint density at radius 1 is 1.00 bits per heavy atom. The molecule has 1 atom stereocenters. The Morgan fingerprint density at radius 3 is 2.42 bits per heavy atom. The molecule has 0 radical (unpaired) electrons. The minimum atomic E-state index is -3.58. The summed E-state index contributed by atoms with van der Waals surface area (Å²) >= 11 is 1.29. The number of hydrogen-bond donors (Lipinski definition) is 1. The van der Waals surface area contributed by atoms with Gasteiger partial charge in [0.15, 0.2) is 5.04 Å². The molecule has 1 aliphatic rings. The van der Waals surface area contributed by atoms with Crippen LogP contribution >= 0.6 is 11.3 Å². The van der Waals surface area contributed by atoms with E-state index < -0.39 is 9.84 Å². The van der Waals surface area contributed by atoms with Crippen LogP contribution in [-0.2, 0) is 15.6 Å². The van der Waals surface area contributed by atoms with Gasteiger partial charge in [-0.2, -0.15) is 5.10 Å². The third-order valence-corrected chi connectivity index (χ3v) is 6.93. The Kier molecular flexibility index (Phi) is 4.52. The predicted molar refractivity (Wildman–Crippen MR) is 103 cm³/mol. The lowest BCUT2D eigenvalue weighted by Gasteiger charge is -2.11. The number of benzene rings is 2. The SMILES string of the molecule is O=S(=O)(Cc1nnc(-c2ccccc2)s1)C1=NNCC1c1ccccc1. The lowest BCUT2D eigenvalue weighted by Crippen LogP contribution is -2.23. The van der Waals surface area contributed by atoms with Crippen molar-refractivity contribution in [1.82, 2.24) is 15.6 Å². The fraction of sp³-hybridized carbons (Fsp3) is 0.167. The summed E-state index contributed by atoms with van der Waals surface area (Å²) in [7, 11) is -3.58. The highest BCUT2D eigenvalue weighted by Gasteiger charge is 2.34. The van der Waals surface area contributed by atoms with Crippen molar-refractivity contribution >= 4 is 26.2 Å². The van der Waals surface area contributed by atoms with Gasteiger partial charge in [0.2, 0.25) is 9.84 Å². The zero-order valence-corrected chi connectivity index (χ0v) is 15.4. The van der Waals surface area contributed by atoms with Gasteiger partial charge in [0, 0.05) is 12.1 Å². The molecule has 1 aromatic heterocycles. The van der Waals surface area contributed by atoms with Crippen LogP contribution in [0, 0.1) is 0 Å². The highest BCUT2D eigenvalue weighted by Crippen LogP contribution is 2.28. The second-order valence-corrected chi connectivity index (χ2v) is 8.90. The van der Waals surface area contributed by atoms with E-state index in [1.165, 1.54) is 11.3 Å². The summed E-state index contributed by atoms with van der Waals surface area (Å²) in [5.74, 6) is -0.468. The molecule has 26 heavy (non-hydrogen) atoms. The van der Waals surface area contributed by atoms with Crippen molar-refractivity contribution in [3.63, 3.8) is 0 Å². The zero-order valence-electron chi connectivity index (χ0n) is 13.7. The summed E-state index contributed by atoms with van der Waals surface area (Å²) in [4.78, 5) is 0. The Balaban J connectivity index is 1.57. The number of hydrazone groups is 1. The van der Waals surface area contributed by atoms with Gasteiger partial charge in [0.1, 0.15) is 15.8 Å². The van der Waals surface area contributed by atoms with Gasteiger partial charge in [0.05, 0.1) is 5.92 Å². The molecule has 0 saturated heterocycles. The topological polar surface area (TPSA) is 84.3 Å². The van der Waals surface area contributed by atoms with Crippen LogP contribution in [0.2, 0.25) is 0 Å². The highest BCUT2D eigenvalue weighted by atomic mass is 32.2. The molecule has 1 aliphatic heterocycles. The van der Waals surface area contributed by atoms with Crippen molar-refractivity contribution in [3.8, 4) is 10.6 Å². The molecule has 4 rings (SSSR count). The van der Waals surface area contributed by atoms with Crippen molar-refractivity contribution < 1.29 is 8.42 Å². The third-order valence-electron chi connectivity index (χ3n) is 4.10. The van der Waals surface area contributed by atoms with E-state index >= 15 is 0 Å². The third kappa shape index (κ3) is 3.38. The molecule has 8 heteroatoms. The van der Waals surface area contributed by atoms with Crippen LogP contribution in [0.1, 0.15) is 16.5 Å². The zero-order chi connectivity index (χ0) is 18.0. The molecule has 0 amide bonds. The van der Waals surface area contributed by atoms with Crippen molar-refractivity contribution in [2.24, 2.45) is 5.10 Å². The Morgan fingerprint density at radius 2 is 1.69 bits per heavy atom. The smallest absolute Gasteiger partial charge is 0.200 e. The average Bonchev–Trinajstić information content (AvgIpc) is 3.33. The van der Waals surface area contributed by atoms with Crippen molar-refractivity contribution in [2.75, 3.05) is 6.54 Å². The van der Waals surface area contributed by atoms with Crippen LogP contribution in [0.25, 0.3) is 10.6 Å². The number of nitrogens with one attached hydrogen (secondary N) is 1. The molecule has 0 spiro atoms. The summed E-state index contributed by atoms with van der Waals surface area (Å²) in [5, 5.41) is 13.6. The van der Waals surface area contributed by atoms with Gasteiger partial charge in [-0.15, -0.1) is 10.2 Å². The molecule has 0 bridgehead atoms. The molecule has 0 saturated carbocycles. The van der Waals surface area contributed by atoms with Gasteiger partial charge in [0.25, 0.3) is 0 Å². The first-order valence-electron chi connectivity index (χ1n) is 8.09. The molecule has 1 N–H and O–H groups in total. The lowest BCUT2D eigenvalue weighted by atomic mass is 10.0. The van der Waals surface area contributed by atoms with Crippen LogP contribution in [0.5, 0.6) is 0 Å². The maximum atomic E-state index is 12.9. The summed E-state index contributed by atoms with van der Waals surface area (Å²) in [6.45, 7) is 0.476. The van der Waals surface area contributed by atoms with Crippen LogP contribution < -0.4 is 5.43 Å². The largest absolute Gasteiger partial charge is 0.308 e. The molecule has 0 fully saturated rings. The van der Waals surface area contributed by atoms with E-state index in [0.29, 0.717) is 16.6 Å². The van der Waals surface area contributed by atoms with Crippen LogP contribution in [-0.4, -0.2) is 30.2 Å². The first kappa shape index (κ1) is 16.9. The minimum Gasteiger partial charge on any atom is -0.308 e. The number of rotatable bonds is 4. The quantitative estimate of drug-likeness (QED) is 0.748. The number of hydrogen-bond acceptors (Lipinski definition) is 7. The molecule has 2 heterocycles. The summed E-state index contributed by atoms with van der Waals surface area (Å²) in [6, 6.07) is 19.1. The Labute approximate surface area is 155 Å². The average molecular weight is 384 g/mol. The standard InChI is InChI=1S/C18H16N4O2S2/c23-26(24,18-15(11-19-22-18)13-7-3-1-4-8-13)12-16-20-21-17(25-16)14-9-5-2-6-10-14/h1-10,15,19H,11-12H2. The van der Waals surface area contributed by atoms with E-state index in [1.54, 1.807) is 0 Å². The van der Waals surface area contributed by atoms with E-state index in [1.807, 2.05) is 60.7 Å². The van der Waals surface area contributed by atoms with Gasteiger partial charge in [-0.1, -0.05) is 72.0 Å². The minimum absolute atomic E-state index is 0.167. The maximum Gasteiger partial charge on any atom is 0.200 e. The second kappa shape index (κ2) is 6.97. The molecular formula is C18H16N4O2S2. The monoisotopic (exact) mass is 384 g/mol. The highest BCUT2D eigenvalue weighted by molar-refractivity contribution is 8.05. The normalized spacial score (nSPS) is 16.9. The molecule has 132 valence electrons. The second-order valence-electron chi connectivity index (χ2n) is 5.90. The van der Waals surface area contributed by atoms with Crippen LogP contribution in [0.15, 0.2) is 65.8 Å². The molecule has 3 aromatic rings. The van der Waals surface area contributed by atoms with E-state index in [-0.39, 0.29) is 16.7 Å². The first-order chi connectivity index (χ1) is 12.6. The van der Waals surface area contributed by atoms with Crippen molar-refractivity contribution in [2.45, 2.75) is 11.7 Å². The summed E-state index contributed by atoms with van der Waals surface area (Å²) < 4.78 is 25.8. The predicted octanol–water partition coefficient (Wildman–Crippen LogP) is 2.82. The van der Waals surface area contributed by atoms with Gasteiger partial charge in [-0.25, -0.2) is 8.42 Å². The maximum absolute atomic E-state index is 12.9. The number of aromatic nitrogens is 2. The molecular weight excluding hydrogens is 368 g/mol. The van der Waals surface area contributed by atoms with E-state index in [4.69, 9.17) is 0 Å². The fourth-order valence-electron chi connectivity index (χ4n) is 2.86. The summed E-state index contributed by atoms with van der Waals surface area (Å²) in [5.41, 5.74) is 4.68. The number of sulfone groups is 1. The van der Waals surface area contributed by atoms with Crippen LogP contribution in [0.3, 0.4) is 0 Å². The Bertz CT molecular complexity index is 1030. The fourth-order valence-corrected chi connectivity index (χ4v) is 5.59. The van der Waals surface area contributed by atoms with E-state index in [9.17, 15) is 8.42 Å². The van der Waals surface area contributed by atoms with Crippen molar-refractivity contribution in [3.05, 3.63) is 71.2 Å². The Hall–Kier alpha value is -2.58. The lowest BCUT2D eigenvalue weighted by molar-refractivity contribution is 0.605. The van der Waals surface area contributed by atoms with Crippen LogP contribution in [0.4, 0.5) is 0 Å². The molecule has 2 aromatic carbocycles. The molecule has 6 nitrogen and oxygen atoms in total. The van der Waals surface area contributed by atoms with Gasteiger partial charge < -0.3 is 5.43 Å². The van der Waals surface area contributed by atoms with E-state index in [2.05, 4.69) is 20.7 Å². The number of nitrogens with zero attached hydrogens (tertiary/aromatic N) is 3. The van der Waals surface area contributed by atoms with Gasteiger partial charge in [-0.3, -0.25) is 0 Å². The van der Waals surface area contributed by atoms with Crippen molar-refractivity contribution in [1.29, 1.82) is 0 Å². The van der Waals surface area contributed by atoms with E-state index in [0.717, 1.165) is 11.1 Å². The summed E-state index contributed by atoms with van der Waals surface area (Å²) in [6.07, 6.45) is 0. The van der Waals surface area contributed by atoms with Gasteiger partial charge in [-0.05, 0) is 5.56 Å². The molecule has 1 unspecified atom stereocenters. The van der Waals surface area contributed by atoms with Gasteiger partial charge >= 0.3 is 0 Å². The first-order valence-corrected chi connectivity index (χ1v) is 10.6.